The highest BCUT2D eigenvalue weighted by Crippen LogP contribution is 2.21. The molecule has 0 atom stereocenters. The largest absolute Gasteiger partial charge is 0.474 e. The fraction of sp³-hybridized carbons (Fsp3) is 0.444. The third-order valence-corrected chi connectivity index (χ3v) is 6.15. The van der Waals surface area contributed by atoms with Crippen LogP contribution in [0.3, 0.4) is 0 Å². The van der Waals surface area contributed by atoms with Gasteiger partial charge in [0.15, 0.2) is 0 Å². The van der Waals surface area contributed by atoms with Crippen LogP contribution < -0.4 is 4.74 Å². The summed E-state index contributed by atoms with van der Waals surface area (Å²) < 4.78 is 32.7. The van der Waals surface area contributed by atoms with Gasteiger partial charge >= 0.3 is 0 Å². The Kier molecular flexibility index (Phi) is 5.34. The molecule has 6 nitrogen and oxygen atoms in total. The Morgan fingerprint density at radius 2 is 1.80 bits per heavy atom. The van der Waals surface area contributed by atoms with Crippen molar-refractivity contribution in [2.75, 3.05) is 13.1 Å². The molecule has 0 saturated carbocycles. The van der Waals surface area contributed by atoms with Gasteiger partial charge in [0.05, 0.1) is 5.75 Å². The van der Waals surface area contributed by atoms with Crippen molar-refractivity contribution < 1.29 is 13.2 Å². The standard InChI is InChI=1S/C18H23N3O3S/c1-14-3-5-16(6-4-14)13-25(22,23)21-11-8-17(9-12-21)24-18-7-10-19-15(2)20-18/h3-7,10,17H,8-9,11-13H2,1-2H3. The minimum Gasteiger partial charge on any atom is -0.474 e. The minimum absolute atomic E-state index is 0.0138. The van der Waals surface area contributed by atoms with Gasteiger partial charge in [-0.2, -0.15) is 4.98 Å². The first-order chi connectivity index (χ1) is 11.9. The smallest absolute Gasteiger partial charge is 0.218 e. The Labute approximate surface area is 148 Å². The van der Waals surface area contributed by atoms with Gasteiger partial charge in [0.1, 0.15) is 11.9 Å². The second-order valence-corrected chi connectivity index (χ2v) is 8.37. The van der Waals surface area contributed by atoms with E-state index in [0.717, 1.165) is 11.1 Å². The monoisotopic (exact) mass is 361 g/mol. The summed E-state index contributed by atoms with van der Waals surface area (Å²) in [6, 6.07) is 9.36. The minimum atomic E-state index is -3.30. The Morgan fingerprint density at radius 1 is 1.12 bits per heavy atom. The highest BCUT2D eigenvalue weighted by Gasteiger charge is 2.29. The van der Waals surface area contributed by atoms with Crippen LogP contribution in [0.2, 0.25) is 0 Å². The number of hydrogen-bond acceptors (Lipinski definition) is 5. The molecular formula is C18H23N3O3S. The zero-order valence-electron chi connectivity index (χ0n) is 14.6. The molecule has 0 spiro atoms. The molecule has 2 heterocycles. The van der Waals surface area contributed by atoms with Crippen molar-refractivity contribution in [3.05, 3.63) is 53.5 Å². The summed E-state index contributed by atoms with van der Waals surface area (Å²) in [5, 5.41) is 0. The van der Waals surface area contributed by atoms with Crippen LogP contribution in [-0.4, -0.2) is 41.9 Å². The average molecular weight is 361 g/mol. The molecule has 0 amide bonds. The van der Waals surface area contributed by atoms with Crippen molar-refractivity contribution in [1.29, 1.82) is 0 Å². The Bertz CT molecular complexity index is 814. The number of hydrogen-bond donors (Lipinski definition) is 0. The molecule has 1 saturated heterocycles. The molecule has 1 aromatic carbocycles. The molecular weight excluding hydrogens is 338 g/mol. The lowest BCUT2D eigenvalue weighted by Crippen LogP contribution is -2.42. The first-order valence-electron chi connectivity index (χ1n) is 8.42. The van der Waals surface area contributed by atoms with Crippen LogP contribution in [0.25, 0.3) is 0 Å². The molecule has 3 rings (SSSR count). The number of sulfonamides is 1. The molecule has 0 aliphatic carbocycles. The lowest BCUT2D eigenvalue weighted by Gasteiger charge is -2.31. The zero-order chi connectivity index (χ0) is 17.9. The van der Waals surface area contributed by atoms with E-state index in [2.05, 4.69) is 9.97 Å². The fourth-order valence-electron chi connectivity index (χ4n) is 2.89. The number of aryl methyl sites for hydroxylation is 2. The van der Waals surface area contributed by atoms with Crippen LogP contribution >= 0.6 is 0 Å². The lowest BCUT2D eigenvalue weighted by molar-refractivity contribution is 0.129. The topological polar surface area (TPSA) is 72.4 Å². The molecule has 0 radical (unpaired) electrons. The average Bonchev–Trinajstić information content (AvgIpc) is 2.57. The first kappa shape index (κ1) is 17.8. The van der Waals surface area contributed by atoms with Crippen LogP contribution in [0.5, 0.6) is 5.88 Å². The molecule has 0 N–H and O–H groups in total. The van der Waals surface area contributed by atoms with Crippen LogP contribution in [0, 0.1) is 13.8 Å². The van der Waals surface area contributed by atoms with Crippen molar-refractivity contribution >= 4 is 10.0 Å². The van der Waals surface area contributed by atoms with Crippen molar-refractivity contribution in [3.8, 4) is 5.88 Å². The number of ether oxygens (including phenoxy) is 1. The summed E-state index contributed by atoms with van der Waals surface area (Å²) in [4.78, 5) is 8.28. The van der Waals surface area contributed by atoms with Gasteiger partial charge in [0, 0.05) is 25.4 Å². The second kappa shape index (κ2) is 7.49. The maximum absolute atomic E-state index is 12.6. The normalized spacial score (nSPS) is 16.7. The molecule has 1 aromatic heterocycles. The molecule has 0 unspecified atom stereocenters. The van der Waals surface area contributed by atoms with Gasteiger partial charge in [-0.05, 0) is 32.3 Å². The van der Waals surface area contributed by atoms with E-state index in [0.29, 0.717) is 37.6 Å². The molecule has 0 bridgehead atoms. The van der Waals surface area contributed by atoms with E-state index in [9.17, 15) is 8.42 Å². The van der Waals surface area contributed by atoms with Crippen molar-refractivity contribution in [1.82, 2.24) is 14.3 Å². The Morgan fingerprint density at radius 3 is 2.44 bits per heavy atom. The first-order valence-corrected chi connectivity index (χ1v) is 10.0. The van der Waals surface area contributed by atoms with Crippen LogP contribution in [0.4, 0.5) is 0 Å². The quantitative estimate of drug-likeness (QED) is 0.818. The van der Waals surface area contributed by atoms with Gasteiger partial charge in [-0.15, -0.1) is 0 Å². The van der Waals surface area contributed by atoms with Gasteiger partial charge in [0.2, 0.25) is 15.9 Å². The molecule has 1 fully saturated rings. The predicted octanol–water partition coefficient (Wildman–Crippen LogP) is 2.47. The van der Waals surface area contributed by atoms with Crippen LogP contribution in [0.15, 0.2) is 36.5 Å². The molecule has 1 aliphatic rings. The van der Waals surface area contributed by atoms with Crippen molar-refractivity contribution in [2.45, 2.75) is 38.5 Å². The molecule has 7 heteroatoms. The van der Waals surface area contributed by atoms with Crippen LogP contribution in [0.1, 0.15) is 29.8 Å². The summed E-state index contributed by atoms with van der Waals surface area (Å²) in [6.07, 6.45) is 2.98. The Balaban J connectivity index is 1.56. The highest BCUT2D eigenvalue weighted by molar-refractivity contribution is 7.88. The van der Waals surface area contributed by atoms with E-state index in [4.69, 9.17) is 4.74 Å². The van der Waals surface area contributed by atoms with Gasteiger partial charge in [-0.25, -0.2) is 17.7 Å². The Hall–Kier alpha value is -1.99. The van der Waals surface area contributed by atoms with Gasteiger partial charge < -0.3 is 4.74 Å². The summed E-state index contributed by atoms with van der Waals surface area (Å²) >= 11 is 0. The number of benzene rings is 1. The van der Waals surface area contributed by atoms with E-state index >= 15 is 0 Å². The summed E-state index contributed by atoms with van der Waals surface area (Å²) in [6.45, 7) is 4.75. The van der Waals surface area contributed by atoms with E-state index in [-0.39, 0.29) is 11.9 Å². The highest BCUT2D eigenvalue weighted by atomic mass is 32.2. The van der Waals surface area contributed by atoms with E-state index in [1.165, 1.54) is 0 Å². The third-order valence-electron chi connectivity index (χ3n) is 4.30. The van der Waals surface area contributed by atoms with E-state index in [1.807, 2.05) is 38.1 Å². The molecule has 134 valence electrons. The van der Waals surface area contributed by atoms with Crippen molar-refractivity contribution in [2.24, 2.45) is 0 Å². The predicted molar refractivity (Wildman–Crippen MR) is 95.8 cm³/mol. The maximum atomic E-state index is 12.6. The number of piperidine rings is 1. The number of nitrogens with zero attached hydrogens (tertiary/aromatic N) is 3. The lowest BCUT2D eigenvalue weighted by atomic mass is 10.1. The molecule has 25 heavy (non-hydrogen) atoms. The summed E-state index contributed by atoms with van der Waals surface area (Å²) in [5.74, 6) is 1.26. The molecule has 2 aromatic rings. The summed E-state index contributed by atoms with van der Waals surface area (Å²) in [7, 11) is -3.30. The molecule has 1 aliphatic heterocycles. The van der Waals surface area contributed by atoms with Gasteiger partial charge in [0.25, 0.3) is 0 Å². The summed E-state index contributed by atoms with van der Waals surface area (Å²) in [5.41, 5.74) is 1.94. The van der Waals surface area contributed by atoms with Crippen LogP contribution in [-0.2, 0) is 15.8 Å². The third kappa shape index (κ3) is 4.76. The fourth-order valence-corrected chi connectivity index (χ4v) is 4.45. The number of aromatic nitrogens is 2. The van der Waals surface area contributed by atoms with Crippen molar-refractivity contribution in [3.63, 3.8) is 0 Å². The SMILES string of the molecule is Cc1ccc(CS(=O)(=O)N2CCC(Oc3ccnc(C)n3)CC2)cc1. The number of rotatable bonds is 5. The van der Waals surface area contributed by atoms with E-state index in [1.54, 1.807) is 16.6 Å². The van der Waals surface area contributed by atoms with Gasteiger partial charge in [-0.3, -0.25) is 0 Å². The maximum Gasteiger partial charge on any atom is 0.218 e. The second-order valence-electron chi connectivity index (χ2n) is 6.40. The van der Waals surface area contributed by atoms with Gasteiger partial charge in [-0.1, -0.05) is 29.8 Å². The van der Waals surface area contributed by atoms with E-state index < -0.39 is 10.0 Å². The zero-order valence-corrected chi connectivity index (χ0v) is 15.4.